The van der Waals surface area contributed by atoms with E-state index in [1.165, 1.54) is 0 Å². The van der Waals surface area contributed by atoms with Crippen molar-refractivity contribution in [1.29, 1.82) is 0 Å². The van der Waals surface area contributed by atoms with Crippen LogP contribution in [-0.4, -0.2) is 51.5 Å². The first-order valence-electron chi connectivity index (χ1n) is 8.28. The van der Waals surface area contributed by atoms with Crippen LogP contribution in [0.25, 0.3) is 0 Å². The summed E-state index contributed by atoms with van der Waals surface area (Å²) in [6.45, 7) is 8.69. The highest BCUT2D eigenvalue weighted by molar-refractivity contribution is 5.83. The van der Waals surface area contributed by atoms with Crippen LogP contribution in [0.4, 0.5) is 4.79 Å². The van der Waals surface area contributed by atoms with Gasteiger partial charge in [-0.1, -0.05) is 0 Å². The van der Waals surface area contributed by atoms with Gasteiger partial charge in [-0.2, -0.15) is 0 Å². The molecule has 1 aromatic rings. The van der Waals surface area contributed by atoms with Gasteiger partial charge in [-0.25, -0.2) is 9.78 Å². The normalized spacial score (nSPS) is 13.2. The average molecular weight is 354 g/mol. The Labute approximate surface area is 149 Å². The van der Waals surface area contributed by atoms with Gasteiger partial charge in [-0.15, -0.1) is 0 Å². The van der Waals surface area contributed by atoms with Crippen LogP contribution >= 0.6 is 0 Å². The number of ether oxygens (including phenoxy) is 1. The molecule has 1 atom stereocenters. The highest BCUT2D eigenvalue weighted by Crippen LogP contribution is 2.15. The van der Waals surface area contributed by atoms with Crippen LogP contribution in [0, 0.1) is 5.41 Å². The predicted molar refractivity (Wildman–Crippen MR) is 93.9 cm³/mol. The maximum absolute atomic E-state index is 12.5. The fourth-order valence-corrected chi connectivity index (χ4v) is 2.06. The van der Waals surface area contributed by atoms with Crippen LogP contribution < -0.4 is 10.6 Å². The molecule has 0 bridgehead atoms. The number of amides is 2. The number of aryl methyl sites for hydroxylation is 1. The van der Waals surface area contributed by atoms with Gasteiger partial charge < -0.3 is 25.0 Å². The van der Waals surface area contributed by atoms with Crippen molar-refractivity contribution < 1.29 is 19.4 Å². The molecule has 0 saturated heterocycles. The number of alkyl carbamates (subject to hydrolysis) is 1. The number of nitrogens with zero attached hydrogens (tertiary/aromatic N) is 2. The number of aliphatic hydroxyl groups is 1. The standard InChI is InChI=1S/C17H30N4O4/c1-16(2,3)25-15(24)19-10-17(4,5)14(23)20-12(9-22)7-13-8-18-11-21(13)6/h8,11-12,22H,7,9-10H2,1-6H3,(H,19,24)(H,20,23)/t12-/m0/s1. The Morgan fingerprint density at radius 1 is 1.32 bits per heavy atom. The highest BCUT2D eigenvalue weighted by atomic mass is 16.6. The number of aliphatic hydroxyl groups excluding tert-OH is 1. The van der Waals surface area contributed by atoms with Gasteiger partial charge >= 0.3 is 6.09 Å². The van der Waals surface area contributed by atoms with Crippen molar-refractivity contribution in [2.24, 2.45) is 12.5 Å². The molecule has 3 N–H and O–H groups in total. The molecule has 8 heteroatoms. The van der Waals surface area contributed by atoms with E-state index >= 15 is 0 Å². The minimum absolute atomic E-state index is 0.123. The van der Waals surface area contributed by atoms with Crippen LogP contribution in [-0.2, 0) is 23.0 Å². The number of rotatable bonds is 7. The second-order valence-corrected chi connectivity index (χ2v) is 7.79. The van der Waals surface area contributed by atoms with Gasteiger partial charge in [0, 0.05) is 31.9 Å². The Hall–Kier alpha value is -2.09. The second-order valence-electron chi connectivity index (χ2n) is 7.79. The number of hydrogen-bond acceptors (Lipinski definition) is 5. The van der Waals surface area contributed by atoms with Crippen molar-refractivity contribution in [1.82, 2.24) is 20.2 Å². The smallest absolute Gasteiger partial charge is 0.407 e. The second kappa shape index (κ2) is 8.33. The van der Waals surface area contributed by atoms with Gasteiger partial charge in [0.1, 0.15) is 5.60 Å². The van der Waals surface area contributed by atoms with Crippen LogP contribution in [0.5, 0.6) is 0 Å². The molecule has 0 aliphatic heterocycles. The van der Waals surface area contributed by atoms with Crippen molar-refractivity contribution in [2.75, 3.05) is 13.2 Å². The van der Waals surface area contributed by atoms with E-state index in [2.05, 4.69) is 15.6 Å². The van der Waals surface area contributed by atoms with E-state index in [-0.39, 0.29) is 19.1 Å². The molecule has 0 radical (unpaired) electrons. The molecule has 1 rings (SSSR count). The van der Waals surface area contributed by atoms with Crippen LogP contribution in [0.1, 0.15) is 40.3 Å². The fourth-order valence-electron chi connectivity index (χ4n) is 2.06. The van der Waals surface area contributed by atoms with Gasteiger partial charge in [-0.3, -0.25) is 4.79 Å². The minimum atomic E-state index is -0.850. The summed E-state index contributed by atoms with van der Waals surface area (Å²) < 4.78 is 7.00. The summed E-state index contributed by atoms with van der Waals surface area (Å²) in [5.74, 6) is -0.259. The molecule has 0 aliphatic rings. The third-order valence-electron chi connectivity index (χ3n) is 3.62. The summed E-state index contributed by atoms with van der Waals surface area (Å²) in [6.07, 6.45) is 3.26. The predicted octanol–water partition coefficient (Wildman–Crippen LogP) is 0.991. The zero-order valence-corrected chi connectivity index (χ0v) is 15.9. The zero-order chi connectivity index (χ0) is 19.3. The molecule has 0 saturated carbocycles. The first-order chi connectivity index (χ1) is 11.4. The Morgan fingerprint density at radius 3 is 2.44 bits per heavy atom. The maximum Gasteiger partial charge on any atom is 0.407 e. The summed E-state index contributed by atoms with van der Waals surface area (Å²) in [5, 5.41) is 15.0. The molecule has 0 aromatic carbocycles. The van der Waals surface area contributed by atoms with E-state index in [1.807, 2.05) is 11.6 Å². The molecule has 1 heterocycles. The van der Waals surface area contributed by atoms with Gasteiger partial charge in [0.15, 0.2) is 0 Å². The molecule has 0 unspecified atom stereocenters. The van der Waals surface area contributed by atoms with Crippen molar-refractivity contribution in [2.45, 2.75) is 52.7 Å². The van der Waals surface area contributed by atoms with Gasteiger partial charge in [-0.05, 0) is 34.6 Å². The first-order valence-corrected chi connectivity index (χ1v) is 8.28. The molecular weight excluding hydrogens is 324 g/mol. The lowest BCUT2D eigenvalue weighted by Crippen LogP contribution is -2.50. The van der Waals surface area contributed by atoms with Crippen molar-refractivity contribution >= 4 is 12.0 Å². The Kier molecular flexibility index (Phi) is 6.98. The van der Waals surface area contributed by atoms with Crippen LogP contribution in [0.3, 0.4) is 0 Å². The summed E-state index contributed by atoms with van der Waals surface area (Å²) in [7, 11) is 1.85. The van der Waals surface area contributed by atoms with E-state index < -0.39 is 23.2 Å². The third-order valence-corrected chi connectivity index (χ3v) is 3.62. The molecule has 0 spiro atoms. The van der Waals surface area contributed by atoms with Gasteiger partial charge in [0.25, 0.3) is 0 Å². The summed E-state index contributed by atoms with van der Waals surface area (Å²) in [5.41, 5.74) is -0.540. The maximum atomic E-state index is 12.5. The molecule has 1 aromatic heterocycles. The molecule has 8 nitrogen and oxygen atoms in total. The van der Waals surface area contributed by atoms with E-state index in [0.717, 1.165) is 5.69 Å². The monoisotopic (exact) mass is 354 g/mol. The lowest BCUT2D eigenvalue weighted by Gasteiger charge is -2.28. The number of imidazole rings is 1. The lowest BCUT2D eigenvalue weighted by atomic mass is 9.91. The average Bonchev–Trinajstić information content (AvgIpc) is 2.88. The molecule has 25 heavy (non-hydrogen) atoms. The van der Waals surface area contributed by atoms with E-state index in [1.54, 1.807) is 47.1 Å². The van der Waals surface area contributed by atoms with E-state index in [4.69, 9.17) is 4.74 Å². The molecular formula is C17H30N4O4. The Morgan fingerprint density at radius 2 is 1.96 bits per heavy atom. The first kappa shape index (κ1) is 21.0. The van der Waals surface area contributed by atoms with Crippen LogP contribution in [0.15, 0.2) is 12.5 Å². The number of hydrogen-bond donors (Lipinski definition) is 3. The SMILES string of the molecule is Cn1cncc1C[C@@H](CO)NC(=O)C(C)(C)CNC(=O)OC(C)(C)C. The Balaban J connectivity index is 2.57. The van der Waals surface area contributed by atoms with Crippen molar-refractivity contribution in [3.05, 3.63) is 18.2 Å². The molecule has 142 valence electrons. The molecule has 0 fully saturated rings. The van der Waals surface area contributed by atoms with Crippen molar-refractivity contribution in [3.63, 3.8) is 0 Å². The summed E-state index contributed by atoms with van der Waals surface area (Å²) in [6, 6.07) is -0.427. The highest BCUT2D eigenvalue weighted by Gasteiger charge is 2.30. The van der Waals surface area contributed by atoms with Crippen molar-refractivity contribution in [3.8, 4) is 0 Å². The largest absolute Gasteiger partial charge is 0.444 e. The number of aromatic nitrogens is 2. The summed E-state index contributed by atoms with van der Waals surface area (Å²) in [4.78, 5) is 28.3. The minimum Gasteiger partial charge on any atom is -0.444 e. The fraction of sp³-hybridized carbons (Fsp3) is 0.706. The van der Waals surface area contributed by atoms with Gasteiger partial charge in [0.05, 0.1) is 24.4 Å². The molecule has 2 amide bonds. The van der Waals surface area contributed by atoms with Gasteiger partial charge in [0.2, 0.25) is 5.91 Å². The van der Waals surface area contributed by atoms with Crippen LogP contribution in [0.2, 0.25) is 0 Å². The Bertz CT molecular complexity index is 590. The quantitative estimate of drug-likeness (QED) is 0.677. The third kappa shape index (κ3) is 7.13. The number of carbonyl (C=O) groups excluding carboxylic acids is 2. The zero-order valence-electron chi connectivity index (χ0n) is 15.9. The lowest BCUT2D eigenvalue weighted by molar-refractivity contribution is -0.130. The van der Waals surface area contributed by atoms with E-state index in [0.29, 0.717) is 6.42 Å². The summed E-state index contributed by atoms with van der Waals surface area (Å²) >= 11 is 0. The molecule has 0 aliphatic carbocycles. The number of nitrogens with one attached hydrogen (secondary N) is 2. The number of carbonyl (C=O) groups is 2. The van der Waals surface area contributed by atoms with E-state index in [9.17, 15) is 14.7 Å². The topological polar surface area (TPSA) is 105 Å².